The number of carbonyl (C=O) groups is 2. The van der Waals surface area contributed by atoms with Gasteiger partial charge in [-0.15, -0.1) is 0 Å². The van der Waals surface area contributed by atoms with Gasteiger partial charge in [0, 0.05) is 29.2 Å². The van der Waals surface area contributed by atoms with Gasteiger partial charge in [-0.2, -0.15) is 0 Å². The third-order valence-electron chi connectivity index (χ3n) is 6.14. The van der Waals surface area contributed by atoms with Gasteiger partial charge in [0.15, 0.2) is 0 Å². The van der Waals surface area contributed by atoms with Crippen molar-refractivity contribution in [1.29, 1.82) is 0 Å². The van der Waals surface area contributed by atoms with E-state index in [1.165, 1.54) is 0 Å². The number of hydrogen-bond acceptors (Lipinski definition) is 4. The fourth-order valence-corrected chi connectivity index (χ4v) is 4.95. The van der Waals surface area contributed by atoms with Crippen molar-refractivity contribution >= 4 is 35.2 Å². The Morgan fingerprint density at radius 1 is 1.09 bits per heavy atom. The smallest absolute Gasteiger partial charge is 0.410 e. The maximum Gasteiger partial charge on any atom is 0.410 e. The van der Waals surface area contributed by atoms with Gasteiger partial charge in [0.25, 0.3) is 0 Å². The van der Waals surface area contributed by atoms with Crippen LogP contribution in [0.4, 0.5) is 4.79 Å². The van der Waals surface area contributed by atoms with E-state index >= 15 is 0 Å². The molecule has 190 valence electrons. The first-order valence-electron chi connectivity index (χ1n) is 11.9. The van der Waals surface area contributed by atoms with Crippen molar-refractivity contribution in [3.05, 3.63) is 63.6 Å². The molecule has 0 saturated carbocycles. The maximum absolute atomic E-state index is 13.7. The molecule has 0 aliphatic carbocycles. The zero-order valence-corrected chi connectivity index (χ0v) is 22.5. The summed E-state index contributed by atoms with van der Waals surface area (Å²) >= 11 is 12.6. The molecule has 0 aromatic heterocycles. The molecule has 1 fully saturated rings. The lowest BCUT2D eigenvalue weighted by atomic mass is 9.97. The van der Waals surface area contributed by atoms with Gasteiger partial charge in [0.1, 0.15) is 11.4 Å². The fraction of sp³-hybridized carbons (Fsp3) is 0.481. The molecule has 1 aliphatic rings. The zero-order valence-electron chi connectivity index (χ0n) is 21.0. The monoisotopic (exact) mass is 520 g/mol. The number of halogens is 2. The van der Waals surface area contributed by atoms with Crippen LogP contribution in [-0.4, -0.2) is 53.6 Å². The van der Waals surface area contributed by atoms with Gasteiger partial charge in [0.2, 0.25) is 5.91 Å². The van der Waals surface area contributed by atoms with Gasteiger partial charge >= 0.3 is 6.09 Å². The van der Waals surface area contributed by atoms with Crippen LogP contribution in [0.25, 0.3) is 0 Å². The van der Waals surface area contributed by atoms with Gasteiger partial charge in [-0.05, 0) is 75.9 Å². The average molecular weight is 521 g/mol. The lowest BCUT2D eigenvalue weighted by Gasteiger charge is -2.42. The van der Waals surface area contributed by atoms with Gasteiger partial charge in [-0.25, -0.2) is 4.79 Å². The summed E-state index contributed by atoms with van der Waals surface area (Å²) < 4.78 is 10.8. The van der Waals surface area contributed by atoms with Crippen LogP contribution in [0.2, 0.25) is 10.0 Å². The van der Waals surface area contributed by atoms with Crippen LogP contribution in [0, 0.1) is 0 Å². The summed E-state index contributed by atoms with van der Waals surface area (Å²) in [5.41, 5.74) is 1.20. The summed E-state index contributed by atoms with van der Waals surface area (Å²) in [4.78, 5) is 29.9. The molecule has 6 nitrogen and oxygen atoms in total. The summed E-state index contributed by atoms with van der Waals surface area (Å²) in [7, 11) is 1.61. The normalized spacial score (nSPS) is 15.5. The minimum Gasteiger partial charge on any atom is -0.497 e. The average Bonchev–Trinajstić information content (AvgIpc) is 2.79. The number of ether oxygens (including phenoxy) is 2. The predicted molar refractivity (Wildman–Crippen MR) is 139 cm³/mol. The van der Waals surface area contributed by atoms with Crippen molar-refractivity contribution in [1.82, 2.24) is 9.80 Å². The first-order valence-corrected chi connectivity index (χ1v) is 12.6. The minimum absolute atomic E-state index is 0.00408. The van der Waals surface area contributed by atoms with Crippen molar-refractivity contribution in [2.75, 3.05) is 20.2 Å². The summed E-state index contributed by atoms with van der Waals surface area (Å²) in [6.07, 6.45) is 1.25. The van der Waals surface area contributed by atoms with E-state index in [1.54, 1.807) is 24.1 Å². The molecular weight excluding hydrogens is 487 g/mol. The third-order valence-corrected chi connectivity index (χ3v) is 6.70. The van der Waals surface area contributed by atoms with Crippen molar-refractivity contribution in [3.63, 3.8) is 0 Å². The van der Waals surface area contributed by atoms with E-state index in [2.05, 4.69) is 0 Å². The molecule has 2 aromatic rings. The van der Waals surface area contributed by atoms with Crippen molar-refractivity contribution in [2.45, 2.75) is 64.6 Å². The van der Waals surface area contributed by atoms with Crippen LogP contribution in [0.3, 0.4) is 0 Å². The van der Waals surface area contributed by atoms with E-state index in [4.69, 9.17) is 32.7 Å². The van der Waals surface area contributed by atoms with Crippen LogP contribution in [0.15, 0.2) is 42.5 Å². The number of amides is 2. The molecule has 0 bridgehead atoms. The summed E-state index contributed by atoms with van der Waals surface area (Å²) in [5, 5.41) is 1.08. The SMILES string of the molecule is COc1ccc(CC(=O)N(C2CCN(C(=O)OC(C)(C)C)CC2)C(C)c2ccc(Cl)cc2Cl)cc1. The highest BCUT2D eigenvalue weighted by Crippen LogP contribution is 2.34. The standard InChI is InChI=1S/C27H34Cl2N2O4/c1-18(23-11-8-20(28)17-24(23)29)31(25(32)16-19-6-9-22(34-5)10-7-19)21-12-14-30(15-13-21)26(33)35-27(2,3)4/h6-11,17-18,21H,12-16H2,1-5H3. The molecule has 35 heavy (non-hydrogen) atoms. The Labute approximate surface area is 218 Å². The highest BCUT2D eigenvalue weighted by molar-refractivity contribution is 6.35. The van der Waals surface area contributed by atoms with Crippen LogP contribution in [-0.2, 0) is 16.0 Å². The molecule has 3 rings (SSSR count). The molecule has 1 heterocycles. The number of likely N-dealkylation sites (tertiary alicyclic amines) is 1. The molecule has 1 saturated heterocycles. The van der Waals surface area contributed by atoms with Gasteiger partial charge in [-0.1, -0.05) is 41.4 Å². The Hall–Kier alpha value is -2.44. The lowest BCUT2D eigenvalue weighted by Crippen LogP contribution is -2.50. The Morgan fingerprint density at radius 3 is 2.26 bits per heavy atom. The van der Waals surface area contributed by atoms with Crippen LogP contribution < -0.4 is 4.74 Å². The number of methoxy groups -OCH3 is 1. The predicted octanol–water partition coefficient (Wildman–Crippen LogP) is 6.53. The largest absolute Gasteiger partial charge is 0.497 e. The number of piperidine rings is 1. The molecule has 0 spiro atoms. The quantitative estimate of drug-likeness (QED) is 0.434. The number of nitrogens with zero attached hydrogens (tertiary/aromatic N) is 2. The zero-order chi connectivity index (χ0) is 25.8. The second-order valence-corrected chi connectivity index (χ2v) is 10.7. The third kappa shape index (κ3) is 7.28. The number of benzene rings is 2. The van der Waals surface area contributed by atoms with E-state index in [9.17, 15) is 9.59 Å². The van der Waals surface area contributed by atoms with E-state index in [-0.39, 0.29) is 30.5 Å². The maximum atomic E-state index is 13.7. The van der Waals surface area contributed by atoms with Crippen molar-refractivity contribution in [2.24, 2.45) is 0 Å². The Balaban J connectivity index is 1.81. The molecule has 1 atom stereocenters. The van der Waals surface area contributed by atoms with Gasteiger partial charge < -0.3 is 19.3 Å². The molecule has 8 heteroatoms. The molecule has 0 N–H and O–H groups in total. The molecule has 0 radical (unpaired) electrons. The highest BCUT2D eigenvalue weighted by Gasteiger charge is 2.34. The second kappa shape index (κ2) is 11.5. The highest BCUT2D eigenvalue weighted by atomic mass is 35.5. The summed E-state index contributed by atoms with van der Waals surface area (Å²) in [6, 6.07) is 12.6. The lowest BCUT2D eigenvalue weighted by molar-refractivity contribution is -0.136. The number of carbonyl (C=O) groups excluding carboxylic acids is 2. The first kappa shape index (κ1) is 27.2. The molecule has 2 amide bonds. The molecule has 2 aromatic carbocycles. The van der Waals surface area contributed by atoms with Gasteiger partial charge in [0.05, 0.1) is 19.6 Å². The Bertz CT molecular complexity index is 1030. The van der Waals surface area contributed by atoms with E-state index in [1.807, 2.05) is 62.9 Å². The first-order chi connectivity index (χ1) is 16.5. The van der Waals surface area contributed by atoms with Crippen molar-refractivity contribution < 1.29 is 19.1 Å². The topological polar surface area (TPSA) is 59.1 Å². The van der Waals surface area contributed by atoms with Crippen LogP contribution in [0.1, 0.15) is 57.7 Å². The number of hydrogen-bond donors (Lipinski definition) is 0. The van der Waals surface area contributed by atoms with Gasteiger partial charge in [-0.3, -0.25) is 4.79 Å². The number of rotatable bonds is 6. The second-order valence-electron chi connectivity index (χ2n) is 9.87. The van der Waals surface area contributed by atoms with Crippen LogP contribution >= 0.6 is 23.2 Å². The van der Waals surface area contributed by atoms with E-state index in [0.29, 0.717) is 36.0 Å². The van der Waals surface area contributed by atoms with Crippen molar-refractivity contribution in [3.8, 4) is 5.75 Å². The fourth-order valence-electron chi connectivity index (χ4n) is 4.39. The minimum atomic E-state index is -0.547. The Kier molecular flexibility index (Phi) is 8.94. The molecule has 1 aliphatic heterocycles. The Morgan fingerprint density at radius 2 is 1.71 bits per heavy atom. The summed E-state index contributed by atoms with van der Waals surface area (Å²) in [5.74, 6) is 0.748. The van der Waals surface area contributed by atoms with E-state index in [0.717, 1.165) is 16.9 Å². The molecular formula is C27H34Cl2N2O4. The van der Waals surface area contributed by atoms with E-state index < -0.39 is 5.60 Å². The summed E-state index contributed by atoms with van der Waals surface area (Å²) in [6.45, 7) is 8.60. The molecule has 1 unspecified atom stereocenters. The van der Waals surface area contributed by atoms with Crippen LogP contribution in [0.5, 0.6) is 5.75 Å².